The molecule has 0 bridgehead atoms. The average Bonchev–Trinajstić information content (AvgIpc) is 2.27. The van der Waals surface area contributed by atoms with E-state index in [2.05, 4.69) is 0 Å². The summed E-state index contributed by atoms with van der Waals surface area (Å²) in [6.45, 7) is 1.77. The summed E-state index contributed by atoms with van der Waals surface area (Å²) >= 11 is 0. The average molecular weight is 239 g/mol. The fourth-order valence-electron chi connectivity index (χ4n) is 1.56. The van der Waals surface area contributed by atoms with Crippen LogP contribution in [0.4, 0.5) is 4.79 Å². The van der Waals surface area contributed by atoms with Gasteiger partial charge in [-0.05, 0) is 24.6 Å². The number of hydrogen-bond donors (Lipinski definition) is 1. The second-order valence-electron chi connectivity index (χ2n) is 3.67. The highest BCUT2D eigenvalue weighted by Crippen LogP contribution is 2.23. The van der Waals surface area contributed by atoms with Gasteiger partial charge in [0.05, 0.1) is 14.2 Å². The topological polar surface area (TPSA) is 70.8 Å². The maximum Gasteiger partial charge on any atom is 0.404 e. The van der Waals surface area contributed by atoms with Gasteiger partial charge in [0.2, 0.25) is 0 Å². The lowest BCUT2D eigenvalue weighted by Gasteiger charge is -2.13. The van der Waals surface area contributed by atoms with Crippen LogP contribution in [0.25, 0.3) is 0 Å². The van der Waals surface area contributed by atoms with Gasteiger partial charge in [-0.1, -0.05) is 0 Å². The number of carbonyl (C=O) groups is 1. The van der Waals surface area contributed by atoms with E-state index in [-0.39, 0.29) is 6.10 Å². The van der Waals surface area contributed by atoms with Crippen LogP contribution >= 0.6 is 0 Å². The van der Waals surface area contributed by atoms with Gasteiger partial charge in [-0.25, -0.2) is 4.79 Å². The first-order valence-corrected chi connectivity index (χ1v) is 5.23. The molecule has 94 valence electrons. The monoisotopic (exact) mass is 239 g/mol. The fourth-order valence-corrected chi connectivity index (χ4v) is 1.56. The van der Waals surface area contributed by atoms with Crippen LogP contribution < -0.4 is 15.2 Å². The van der Waals surface area contributed by atoms with Crippen molar-refractivity contribution in [3.05, 3.63) is 23.8 Å². The molecule has 0 heterocycles. The van der Waals surface area contributed by atoms with E-state index in [1.54, 1.807) is 27.2 Å². The zero-order chi connectivity index (χ0) is 12.8. The predicted molar refractivity (Wildman–Crippen MR) is 63.4 cm³/mol. The van der Waals surface area contributed by atoms with Crippen LogP contribution in [0, 0.1) is 0 Å². The summed E-state index contributed by atoms with van der Waals surface area (Å²) in [5.74, 6) is 1.40. The maximum atomic E-state index is 10.6. The summed E-state index contributed by atoms with van der Waals surface area (Å²) in [5.41, 5.74) is 5.90. The summed E-state index contributed by atoms with van der Waals surface area (Å²) in [4.78, 5) is 10.6. The van der Waals surface area contributed by atoms with Gasteiger partial charge in [-0.3, -0.25) is 0 Å². The van der Waals surface area contributed by atoms with E-state index in [1.165, 1.54) is 0 Å². The normalized spacial score (nSPS) is 11.7. The Hall–Kier alpha value is -1.91. The van der Waals surface area contributed by atoms with Crippen LogP contribution in [-0.4, -0.2) is 26.4 Å². The standard InChI is InChI=1S/C12H17NO4/c1-8(17-12(13)14)4-9-5-10(15-2)7-11(6-9)16-3/h5-8H,4H2,1-3H3,(H2,13,14). The Morgan fingerprint density at radius 1 is 1.24 bits per heavy atom. The predicted octanol–water partition coefficient (Wildman–Crippen LogP) is 1.73. The molecule has 0 saturated carbocycles. The molecule has 0 aliphatic heterocycles. The summed E-state index contributed by atoms with van der Waals surface area (Å²) in [6.07, 6.45) is -0.507. The number of primary amides is 1. The van der Waals surface area contributed by atoms with Crippen molar-refractivity contribution in [3.63, 3.8) is 0 Å². The molecular formula is C12H17NO4. The lowest BCUT2D eigenvalue weighted by atomic mass is 10.1. The van der Waals surface area contributed by atoms with Gasteiger partial charge in [0.15, 0.2) is 0 Å². The third kappa shape index (κ3) is 4.22. The third-order valence-electron chi connectivity index (χ3n) is 2.25. The molecule has 1 atom stereocenters. The smallest absolute Gasteiger partial charge is 0.404 e. The number of carbonyl (C=O) groups excluding carboxylic acids is 1. The number of methoxy groups -OCH3 is 2. The van der Waals surface area contributed by atoms with Crippen LogP contribution in [-0.2, 0) is 11.2 Å². The Kier molecular flexibility index (Phi) is 4.63. The lowest BCUT2D eigenvalue weighted by molar-refractivity contribution is 0.116. The van der Waals surface area contributed by atoms with Gasteiger partial charge in [0.25, 0.3) is 0 Å². The van der Waals surface area contributed by atoms with Crippen molar-refractivity contribution in [2.45, 2.75) is 19.4 Å². The van der Waals surface area contributed by atoms with Gasteiger partial charge in [-0.15, -0.1) is 0 Å². The van der Waals surface area contributed by atoms with E-state index in [1.807, 2.05) is 12.1 Å². The molecule has 1 aromatic rings. The molecular weight excluding hydrogens is 222 g/mol. The van der Waals surface area contributed by atoms with Crippen molar-refractivity contribution in [2.75, 3.05) is 14.2 Å². The number of benzene rings is 1. The molecule has 0 aromatic heterocycles. The molecule has 1 amide bonds. The SMILES string of the molecule is COc1cc(CC(C)OC(N)=O)cc(OC)c1. The number of ether oxygens (including phenoxy) is 3. The zero-order valence-corrected chi connectivity index (χ0v) is 10.2. The van der Waals surface area contributed by atoms with E-state index >= 15 is 0 Å². The van der Waals surface area contributed by atoms with Crippen LogP contribution in [0.2, 0.25) is 0 Å². The molecule has 0 aliphatic carbocycles. The molecule has 0 radical (unpaired) electrons. The first-order valence-electron chi connectivity index (χ1n) is 5.23. The number of rotatable bonds is 5. The maximum absolute atomic E-state index is 10.6. The molecule has 1 rings (SSSR count). The van der Waals surface area contributed by atoms with Gasteiger partial charge >= 0.3 is 6.09 Å². The number of hydrogen-bond acceptors (Lipinski definition) is 4. The van der Waals surface area contributed by atoms with Crippen LogP contribution in [0.5, 0.6) is 11.5 Å². The molecule has 0 fully saturated rings. The van der Waals surface area contributed by atoms with E-state index in [4.69, 9.17) is 19.9 Å². The minimum atomic E-state index is -0.771. The zero-order valence-electron chi connectivity index (χ0n) is 10.2. The second-order valence-corrected chi connectivity index (χ2v) is 3.67. The van der Waals surface area contributed by atoms with Crippen molar-refractivity contribution in [1.82, 2.24) is 0 Å². The van der Waals surface area contributed by atoms with Crippen molar-refractivity contribution in [2.24, 2.45) is 5.73 Å². The summed E-state index contributed by atoms with van der Waals surface area (Å²) < 4.78 is 15.2. The Balaban J connectivity index is 2.79. The largest absolute Gasteiger partial charge is 0.497 e. The first-order chi connectivity index (χ1) is 8.05. The fraction of sp³-hybridized carbons (Fsp3) is 0.417. The highest BCUT2D eigenvalue weighted by atomic mass is 16.6. The first kappa shape index (κ1) is 13.2. The van der Waals surface area contributed by atoms with Crippen LogP contribution in [0.3, 0.4) is 0 Å². The quantitative estimate of drug-likeness (QED) is 0.849. The van der Waals surface area contributed by atoms with Crippen molar-refractivity contribution in [3.8, 4) is 11.5 Å². The third-order valence-corrected chi connectivity index (χ3v) is 2.25. The highest BCUT2D eigenvalue weighted by molar-refractivity contribution is 5.64. The van der Waals surface area contributed by atoms with Gasteiger partial charge in [0.1, 0.15) is 17.6 Å². The number of nitrogens with two attached hydrogens (primary N) is 1. The van der Waals surface area contributed by atoms with Gasteiger partial charge in [-0.2, -0.15) is 0 Å². The summed E-state index contributed by atoms with van der Waals surface area (Å²) in [7, 11) is 3.17. The molecule has 5 nitrogen and oxygen atoms in total. The molecule has 1 aromatic carbocycles. The Bertz CT molecular complexity index is 370. The minimum Gasteiger partial charge on any atom is -0.497 e. The van der Waals surface area contributed by atoms with Crippen LogP contribution in [0.1, 0.15) is 12.5 Å². The minimum absolute atomic E-state index is 0.288. The van der Waals surface area contributed by atoms with E-state index in [9.17, 15) is 4.79 Å². The molecule has 0 saturated heterocycles. The van der Waals surface area contributed by atoms with E-state index in [0.717, 1.165) is 5.56 Å². The van der Waals surface area contributed by atoms with Crippen molar-refractivity contribution >= 4 is 6.09 Å². The Labute approximate surface area is 100 Å². The van der Waals surface area contributed by atoms with Crippen molar-refractivity contribution < 1.29 is 19.0 Å². The second kappa shape index (κ2) is 5.98. The summed E-state index contributed by atoms with van der Waals surface area (Å²) in [6, 6.07) is 5.51. The Morgan fingerprint density at radius 2 is 1.76 bits per heavy atom. The lowest BCUT2D eigenvalue weighted by Crippen LogP contribution is -2.21. The highest BCUT2D eigenvalue weighted by Gasteiger charge is 2.09. The molecule has 2 N–H and O–H groups in total. The molecule has 0 aliphatic rings. The summed E-state index contributed by atoms with van der Waals surface area (Å²) in [5, 5.41) is 0. The van der Waals surface area contributed by atoms with Crippen molar-refractivity contribution in [1.29, 1.82) is 0 Å². The Morgan fingerprint density at radius 3 is 2.18 bits per heavy atom. The van der Waals surface area contributed by atoms with Gasteiger partial charge < -0.3 is 19.9 Å². The molecule has 1 unspecified atom stereocenters. The van der Waals surface area contributed by atoms with Gasteiger partial charge in [0, 0.05) is 12.5 Å². The molecule has 5 heteroatoms. The number of amides is 1. The molecule has 17 heavy (non-hydrogen) atoms. The molecule has 0 spiro atoms. The van der Waals surface area contributed by atoms with Crippen LogP contribution in [0.15, 0.2) is 18.2 Å². The van der Waals surface area contributed by atoms with E-state index < -0.39 is 6.09 Å². The van der Waals surface area contributed by atoms with E-state index in [0.29, 0.717) is 17.9 Å².